The Hall–Kier alpha value is -2.40. The van der Waals surface area contributed by atoms with Crippen LogP contribution in [-0.2, 0) is 0 Å². The minimum atomic E-state index is 0.456. The van der Waals surface area contributed by atoms with Crippen molar-refractivity contribution in [1.29, 1.82) is 0 Å². The number of hydrogen-bond donors (Lipinski definition) is 1. The second-order valence-electron chi connectivity index (χ2n) is 4.41. The van der Waals surface area contributed by atoms with E-state index in [4.69, 9.17) is 17.3 Å². The molecular weight excluding hydrogens is 274 g/mol. The first-order valence-electron chi connectivity index (χ1n) is 6.07. The fraction of sp³-hybridized carbons (Fsp3) is 0.0714. The minimum Gasteiger partial charge on any atom is -0.398 e. The highest BCUT2D eigenvalue weighted by atomic mass is 35.5. The highest BCUT2D eigenvalue weighted by Crippen LogP contribution is 2.31. The summed E-state index contributed by atoms with van der Waals surface area (Å²) in [5.74, 6) is 0.566. The van der Waals surface area contributed by atoms with E-state index in [0.29, 0.717) is 22.1 Å². The van der Waals surface area contributed by atoms with Crippen LogP contribution in [0.4, 0.5) is 5.69 Å². The van der Waals surface area contributed by atoms with Gasteiger partial charge in [-0.3, -0.25) is 0 Å². The SMILES string of the molecule is Cc1ccccc1-n1nnnc1-c1cccc(N)c1Cl. The number of aromatic nitrogens is 4. The van der Waals surface area contributed by atoms with Gasteiger partial charge in [0.05, 0.1) is 16.4 Å². The molecule has 0 atom stereocenters. The van der Waals surface area contributed by atoms with E-state index in [1.807, 2.05) is 43.3 Å². The second kappa shape index (κ2) is 4.94. The Morgan fingerprint density at radius 3 is 2.70 bits per heavy atom. The molecule has 5 nitrogen and oxygen atoms in total. The van der Waals surface area contributed by atoms with E-state index in [-0.39, 0.29) is 0 Å². The van der Waals surface area contributed by atoms with Crippen LogP contribution in [-0.4, -0.2) is 20.2 Å². The zero-order chi connectivity index (χ0) is 14.1. The van der Waals surface area contributed by atoms with Crippen LogP contribution in [0.2, 0.25) is 5.02 Å². The van der Waals surface area contributed by atoms with Gasteiger partial charge in [-0.25, -0.2) is 0 Å². The Balaban J connectivity index is 2.21. The van der Waals surface area contributed by atoms with Crippen LogP contribution in [0.3, 0.4) is 0 Å². The van der Waals surface area contributed by atoms with Gasteiger partial charge in [-0.1, -0.05) is 35.9 Å². The van der Waals surface area contributed by atoms with Gasteiger partial charge in [0.1, 0.15) is 0 Å². The Kier molecular flexibility index (Phi) is 3.12. The molecule has 20 heavy (non-hydrogen) atoms. The normalized spacial score (nSPS) is 10.7. The zero-order valence-electron chi connectivity index (χ0n) is 10.8. The van der Waals surface area contributed by atoms with Crippen LogP contribution in [0.15, 0.2) is 42.5 Å². The van der Waals surface area contributed by atoms with Crippen LogP contribution in [0, 0.1) is 6.92 Å². The van der Waals surface area contributed by atoms with E-state index in [1.165, 1.54) is 0 Å². The number of anilines is 1. The lowest BCUT2D eigenvalue weighted by Gasteiger charge is -2.09. The molecule has 0 saturated carbocycles. The molecule has 3 aromatic rings. The summed E-state index contributed by atoms with van der Waals surface area (Å²) in [6, 6.07) is 13.3. The smallest absolute Gasteiger partial charge is 0.188 e. The topological polar surface area (TPSA) is 69.6 Å². The summed E-state index contributed by atoms with van der Waals surface area (Å²) in [6.07, 6.45) is 0. The Labute approximate surface area is 121 Å². The fourth-order valence-corrected chi connectivity index (χ4v) is 2.25. The Bertz CT molecular complexity index is 766. The lowest BCUT2D eigenvalue weighted by molar-refractivity contribution is 0.787. The van der Waals surface area contributed by atoms with Gasteiger partial charge in [0.2, 0.25) is 0 Å². The number of aryl methyl sites for hydroxylation is 1. The molecule has 1 heterocycles. The molecule has 0 aliphatic carbocycles. The van der Waals surface area contributed by atoms with Crippen molar-refractivity contribution in [2.45, 2.75) is 6.92 Å². The molecule has 6 heteroatoms. The van der Waals surface area contributed by atoms with Gasteiger partial charge >= 0.3 is 0 Å². The quantitative estimate of drug-likeness (QED) is 0.735. The van der Waals surface area contributed by atoms with Crippen LogP contribution in [0.25, 0.3) is 17.1 Å². The Morgan fingerprint density at radius 1 is 1.10 bits per heavy atom. The number of nitrogens with zero attached hydrogens (tertiary/aromatic N) is 4. The third-order valence-electron chi connectivity index (χ3n) is 3.08. The monoisotopic (exact) mass is 285 g/mol. The highest BCUT2D eigenvalue weighted by Gasteiger charge is 2.15. The van der Waals surface area contributed by atoms with Crippen LogP contribution in [0.1, 0.15) is 5.56 Å². The summed E-state index contributed by atoms with van der Waals surface area (Å²) in [5, 5.41) is 12.3. The first-order chi connectivity index (χ1) is 9.68. The molecule has 0 unspecified atom stereocenters. The van der Waals surface area contributed by atoms with Crippen LogP contribution in [0.5, 0.6) is 0 Å². The fourth-order valence-electron chi connectivity index (χ4n) is 2.04. The summed E-state index contributed by atoms with van der Waals surface area (Å²) < 4.78 is 1.66. The summed E-state index contributed by atoms with van der Waals surface area (Å²) in [7, 11) is 0. The van der Waals surface area contributed by atoms with E-state index >= 15 is 0 Å². The van der Waals surface area contributed by atoms with Crippen molar-refractivity contribution in [1.82, 2.24) is 20.2 Å². The van der Waals surface area contributed by atoms with Crippen molar-refractivity contribution < 1.29 is 0 Å². The maximum atomic E-state index is 6.25. The van der Waals surface area contributed by atoms with Gasteiger partial charge < -0.3 is 5.73 Å². The van der Waals surface area contributed by atoms with Gasteiger partial charge in [-0.05, 0) is 41.1 Å². The lowest BCUT2D eigenvalue weighted by Crippen LogP contribution is -2.02. The zero-order valence-corrected chi connectivity index (χ0v) is 11.5. The predicted molar refractivity (Wildman–Crippen MR) is 78.7 cm³/mol. The van der Waals surface area contributed by atoms with Gasteiger partial charge in [0.25, 0.3) is 0 Å². The molecule has 0 radical (unpaired) electrons. The highest BCUT2D eigenvalue weighted by molar-refractivity contribution is 6.35. The van der Waals surface area contributed by atoms with Gasteiger partial charge in [0.15, 0.2) is 5.82 Å². The molecule has 100 valence electrons. The average Bonchev–Trinajstić information content (AvgIpc) is 2.91. The number of rotatable bonds is 2. The molecule has 0 aliphatic heterocycles. The summed E-state index contributed by atoms with van der Waals surface area (Å²) in [6.45, 7) is 2.00. The summed E-state index contributed by atoms with van der Waals surface area (Å²) in [4.78, 5) is 0. The molecule has 2 aromatic carbocycles. The van der Waals surface area contributed by atoms with Crippen LogP contribution >= 0.6 is 11.6 Å². The first kappa shape index (κ1) is 12.6. The van der Waals surface area contributed by atoms with E-state index < -0.39 is 0 Å². The number of tetrazole rings is 1. The molecule has 0 aliphatic rings. The number of para-hydroxylation sites is 1. The number of halogens is 1. The van der Waals surface area contributed by atoms with Crippen molar-refractivity contribution in [2.24, 2.45) is 0 Å². The summed E-state index contributed by atoms with van der Waals surface area (Å²) >= 11 is 6.25. The number of hydrogen-bond acceptors (Lipinski definition) is 4. The maximum Gasteiger partial charge on any atom is 0.188 e. The van der Waals surface area contributed by atoms with E-state index in [1.54, 1.807) is 10.7 Å². The van der Waals surface area contributed by atoms with E-state index in [0.717, 1.165) is 11.3 Å². The molecule has 0 saturated heterocycles. The predicted octanol–water partition coefficient (Wildman–Crippen LogP) is 2.87. The first-order valence-corrected chi connectivity index (χ1v) is 6.45. The summed E-state index contributed by atoms with van der Waals surface area (Å²) in [5.41, 5.74) is 9.03. The molecule has 0 spiro atoms. The van der Waals surface area contributed by atoms with Gasteiger partial charge in [-0.15, -0.1) is 5.10 Å². The number of nitrogens with two attached hydrogens (primary N) is 1. The molecule has 0 fully saturated rings. The van der Waals surface area contributed by atoms with Gasteiger partial charge in [0, 0.05) is 5.56 Å². The minimum absolute atomic E-state index is 0.456. The molecule has 0 bridgehead atoms. The molecule has 3 rings (SSSR count). The molecule has 1 aromatic heterocycles. The Morgan fingerprint density at radius 2 is 1.90 bits per heavy atom. The number of benzene rings is 2. The van der Waals surface area contributed by atoms with E-state index in [2.05, 4.69) is 15.5 Å². The largest absolute Gasteiger partial charge is 0.398 e. The molecular formula is C14H12ClN5. The molecule has 2 N–H and O–H groups in total. The average molecular weight is 286 g/mol. The maximum absolute atomic E-state index is 6.25. The van der Waals surface area contributed by atoms with E-state index in [9.17, 15) is 0 Å². The van der Waals surface area contributed by atoms with Crippen molar-refractivity contribution >= 4 is 17.3 Å². The lowest BCUT2D eigenvalue weighted by atomic mass is 10.1. The third-order valence-corrected chi connectivity index (χ3v) is 3.50. The van der Waals surface area contributed by atoms with Gasteiger partial charge in [-0.2, -0.15) is 4.68 Å². The number of nitrogen functional groups attached to an aromatic ring is 1. The second-order valence-corrected chi connectivity index (χ2v) is 4.79. The standard InChI is InChI=1S/C14H12ClN5/c1-9-5-2-3-8-12(9)20-14(17-18-19-20)10-6-4-7-11(16)13(10)15/h2-8H,16H2,1H3. The third kappa shape index (κ3) is 2.02. The molecule has 0 amide bonds. The van der Waals surface area contributed by atoms with Crippen molar-refractivity contribution in [2.75, 3.05) is 5.73 Å². The van der Waals surface area contributed by atoms with Crippen molar-refractivity contribution in [3.8, 4) is 17.1 Å². The van der Waals surface area contributed by atoms with Crippen molar-refractivity contribution in [3.05, 3.63) is 53.1 Å². The van der Waals surface area contributed by atoms with Crippen LogP contribution < -0.4 is 5.73 Å². The van der Waals surface area contributed by atoms with Crippen molar-refractivity contribution in [3.63, 3.8) is 0 Å².